The van der Waals surface area contributed by atoms with E-state index in [2.05, 4.69) is 26.9 Å². The topological polar surface area (TPSA) is 71.5 Å². The second-order valence-electron chi connectivity index (χ2n) is 8.38. The fourth-order valence-corrected chi connectivity index (χ4v) is 4.58. The number of piperazine rings is 2. The average Bonchev–Trinajstić information content (AvgIpc) is 3.28. The van der Waals surface area contributed by atoms with Gasteiger partial charge in [-0.2, -0.15) is 0 Å². The van der Waals surface area contributed by atoms with Gasteiger partial charge in [0.2, 0.25) is 11.8 Å². The zero-order chi connectivity index (χ0) is 20.6. The van der Waals surface area contributed by atoms with Crippen molar-refractivity contribution in [3.8, 4) is 0 Å². The Morgan fingerprint density at radius 1 is 0.900 bits per heavy atom. The molecule has 2 amide bonds. The molecule has 2 heterocycles. The van der Waals surface area contributed by atoms with Gasteiger partial charge in [-0.1, -0.05) is 12.8 Å². The Labute approximate surface area is 198 Å². The van der Waals surface area contributed by atoms with Gasteiger partial charge in [-0.25, -0.2) is 0 Å². The van der Waals surface area contributed by atoms with Crippen LogP contribution in [0.15, 0.2) is 4.99 Å². The van der Waals surface area contributed by atoms with Gasteiger partial charge in [0.1, 0.15) is 0 Å². The highest BCUT2D eigenvalue weighted by Crippen LogP contribution is 2.26. The Hall–Kier alpha value is -1.10. The molecule has 0 aromatic heterocycles. The van der Waals surface area contributed by atoms with Crippen molar-refractivity contribution in [1.82, 2.24) is 24.9 Å². The van der Waals surface area contributed by atoms with Crippen molar-refractivity contribution >= 4 is 41.8 Å². The smallest absolute Gasteiger partial charge is 0.225 e. The maximum atomic E-state index is 12.6. The second kappa shape index (κ2) is 12.7. The number of hydrogen-bond donors (Lipinski definition) is 1. The van der Waals surface area contributed by atoms with E-state index in [0.717, 1.165) is 90.8 Å². The number of halogens is 1. The van der Waals surface area contributed by atoms with E-state index in [1.165, 1.54) is 12.8 Å². The minimum absolute atomic E-state index is 0. The normalized spacial score (nSPS) is 21.5. The van der Waals surface area contributed by atoms with Crippen LogP contribution in [0.1, 0.15) is 39.5 Å². The maximum absolute atomic E-state index is 12.6. The SMILES string of the molecule is CCNC(=NCCN1CCN(C(=O)C2CCCC2)CC1)N1CCN(C(C)=O)CC1.I. The molecule has 30 heavy (non-hydrogen) atoms. The van der Waals surface area contributed by atoms with E-state index in [0.29, 0.717) is 5.91 Å². The molecular weight excluding hydrogens is 495 g/mol. The van der Waals surface area contributed by atoms with Crippen molar-refractivity contribution in [3.63, 3.8) is 0 Å². The van der Waals surface area contributed by atoms with Gasteiger partial charge >= 0.3 is 0 Å². The number of aliphatic imine (C=N–C) groups is 1. The Balaban J connectivity index is 0.00000320. The summed E-state index contributed by atoms with van der Waals surface area (Å²) in [6.45, 7) is 13.0. The van der Waals surface area contributed by atoms with E-state index in [1.54, 1.807) is 6.92 Å². The number of hydrogen-bond acceptors (Lipinski definition) is 4. The van der Waals surface area contributed by atoms with E-state index in [9.17, 15) is 9.59 Å². The molecular formula is C21H39IN6O2. The molecule has 2 saturated heterocycles. The van der Waals surface area contributed by atoms with Crippen LogP contribution < -0.4 is 5.32 Å². The van der Waals surface area contributed by atoms with Crippen LogP contribution in [0.2, 0.25) is 0 Å². The molecule has 1 saturated carbocycles. The minimum Gasteiger partial charge on any atom is -0.357 e. The highest BCUT2D eigenvalue weighted by Gasteiger charge is 2.29. The van der Waals surface area contributed by atoms with Gasteiger partial charge in [0, 0.05) is 78.3 Å². The Kier molecular flexibility index (Phi) is 10.6. The quantitative estimate of drug-likeness (QED) is 0.325. The third-order valence-corrected chi connectivity index (χ3v) is 6.43. The van der Waals surface area contributed by atoms with Crippen LogP contribution in [0.25, 0.3) is 0 Å². The van der Waals surface area contributed by atoms with Crippen LogP contribution in [0.4, 0.5) is 0 Å². The van der Waals surface area contributed by atoms with Crippen LogP contribution >= 0.6 is 24.0 Å². The number of nitrogens with one attached hydrogen (secondary N) is 1. The fourth-order valence-electron chi connectivity index (χ4n) is 4.58. The van der Waals surface area contributed by atoms with E-state index in [4.69, 9.17) is 4.99 Å². The molecule has 1 N–H and O–H groups in total. The van der Waals surface area contributed by atoms with Gasteiger partial charge in [-0.05, 0) is 19.8 Å². The average molecular weight is 534 g/mol. The van der Waals surface area contributed by atoms with Crippen molar-refractivity contribution in [2.24, 2.45) is 10.9 Å². The fraction of sp³-hybridized carbons (Fsp3) is 0.857. The first kappa shape index (κ1) is 25.2. The summed E-state index contributed by atoms with van der Waals surface area (Å²) in [7, 11) is 0. The molecule has 1 aliphatic carbocycles. The van der Waals surface area contributed by atoms with Gasteiger partial charge in [-0.3, -0.25) is 19.5 Å². The summed E-state index contributed by atoms with van der Waals surface area (Å²) in [6, 6.07) is 0. The van der Waals surface area contributed by atoms with Crippen LogP contribution in [0.5, 0.6) is 0 Å². The van der Waals surface area contributed by atoms with Gasteiger partial charge < -0.3 is 20.0 Å². The first-order chi connectivity index (χ1) is 14.1. The summed E-state index contributed by atoms with van der Waals surface area (Å²) in [5.74, 6) is 1.78. The number of carbonyl (C=O) groups excluding carboxylic acids is 2. The molecule has 0 spiro atoms. The lowest BCUT2D eigenvalue weighted by atomic mass is 10.1. The van der Waals surface area contributed by atoms with Crippen molar-refractivity contribution in [3.05, 3.63) is 0 Å². The predicted octanol–water partition coefficient (Wildman–Crippen LogP) is 1.07. The maximum Gasteiger partial charge on any atom is 0.225 e. The molecule has 0 atom stereocenters. The van der Waals surface area contributed by atoms with Crippen molar-refractivity contribution in [2.75, 3.05) is 72.0 Å². The van der Waals surface area contributed by atoms with Crippen LogP contribution in [-0.4, -0.2) is 109 Å². The predicted molar refractivity (Wildman–Crippen MR) is 130 cm³/mol. The van der Waals surface area contributed by atoms with Crippen LogP contribution in [0.3, 0.4) is 0 Å². The van der Waals surface area contributed by atoms with Gasteiger partial charge in [0.15, 0.2) is 5.96 Å². The van der Waals surface area contributed by atoms with Gasteiger partial charge in [0.25, 0.3) is 0 Å². The third kappa shape index (κ3) is 6.96. The van der Waals surface area contributed by atoms with E-state index in [1.807, 2.05) is 4.90 Å². The molecule has 3 fully saturated rings. The Morgan fingerprint density at radius 2 is 1.47 bits per heavy atom. The molecule has 3 rings (SSSR count). The lowest BCUT2D eigenvalue weighted by molar-refractivity contribution is -0.137. The summed E-state index contributed by atoms with van der Waals surface area (Å²) in [4.78, 5) is 37.6. The molecule has 8 nitrogen and oxygen atoms in total. The van der Waals surface area contributed by atoms with Crippen molar-refractivity contribution < 1.29 is 9.59 Å². The van der Waals surface area contributed by atoms with E-state index in [-0.39, 0.29) is 35.8 Å². The van der Waals surface area contributed by atoms with Crippen molar-refractivity contribution in [2.45, 2.75) is 39.5 Å². The molecule has 9 heteroatoms. The largest absolute Gasteiger partial charge is 0.357 e. The zero-order valence-electron chi connectivity index (χ0n) is 18.6. The summed E-state index contributed by atoms with van der Waals surface area (Å²) in [5, 5.41) is 3.39. The second-order valence-corrected chi connectivity index (χ2v) is 8.38. The first-order valence-electron chi connectivity index (χ1n) is 11.4. The van der Waals surface area contributed by atoms with Crippen molar-refractivity contribution in [1.29, 1.82) is 0 Å². The summed E-state index contributed by atoms with van der Waals surface area (Å²) < 4.78 is 0. The lowest BCUT2D eigenvalue weighted by Crippen LogP contribution is -2.53. The Morgan fingerprint density at radius 3 is 2.03 bits per heavy atom. The van der Waals surface area contributed by atoms with Gasteiger partial charge in [-0.15, -0.1) is 24.0 Å². The number of nitrogens with zero attached hydrogens (tertiary/aromatic N) is 5. The number of guanidine groups is 1. The van der Waals surface area contributed by atoms with E-state index < -0.39 is 0 Å². The number of rotatable bonds is 5. The number of amides is 2. The molecule has 172 valence electrons. The molecule has 3 aliphatic rings. The molecule has 0 aromatic rings. The summed E-state index contributed by atoms with van der Waals surface area (Å²) >= 11 is 0. The Bertz CT molecular complexity index is 580. The summed E-state index contributed by atoms with van der Waals surface area (Å²) in [6.07, 6.45) is 4.60. The highest BCUT2D eigenvalue weighted by atomic mass is 127. The monoisotopic (exact) mass is 534 g/mol. The number of carbonyl (C=O) groups is 2. The van der Waals surface area contributed by atoms with Crippen LogP contribution in [0, 0.1) is 5.92 Å². The first-order valence-corrected chi connectivity index (χ1v) is 11.4. The van der Waals surface area contributed by atoms with Gasteiger partial charge in [0.05, 0.1) is 6.54 Å². The third-order valence-electron chi connectivity index (χ3n) is 6.43. The van der Waals surface area contributed by atoms with Crippen LogP contribution in [-0.2, 0) is 9.59 Å². The molecule has 0 aromatic carbocycles. The zero-order valence-corrected chi connectivity index (χ0v) is 21.0. The molecule has 0 unspecified atom stereocenters. The highest BCUT2D eigenvalue weighted by molar-refractivity contribution is 14.0. The van der Waals surface area contributed by atoms with E-state index >= 15 is 0 Å². The molecule has 0 radical (unpaired) electrons. The minimum atomic E-state index is 0. The molecule has 2 aliphatic heterocycles. The summed E-state index contributed by atoms with van der Waals surface area (Å²) in [5.41, 5.74) is 0. The standard InChI is InChI=1S/C21H38N6O2.HI/c1-3-22-21(27-16-14-25(15-17-27)18(2)28)23-8-9-24-10-12-26(13-11-24)20(29)19-6-4-5-7-19;/h19H,3-17H2,1-2H3,(H,22,23);1H. The molecule has 0 bridgehead atoms. The lowest BCUT2D eigenvalue weighted by Gasteiger charge is -2.37.